The summed E-state index contributed by atoms with van der Waals surface area (Å²) < 4.78 is 5.41. The fourth-order valence-electron chi connectivity index (χ4n) is 1.79. The third-order valence-corrected chi connectivity index (χ3v) is 2.82. The molecule has 92 valence electrons. The zero-order valence-electron chi connectivity index (χ0n) is 10.2. The first-order chi connectivity index (χ1) is 8.70. The van der Waals surface area contributed by atoms with Crippen molar-refractivity contribution in [2.24, 2.45) is 0 Å². The number of likely N-dealkylation sites (N-methyl/N-ethyl adjacent to an activating group) is 1. The molecular formula is C14H14N2O2. The summed E-state index contributed by atoms with van der Waals surface area (Å²) in [5.41, 5.74) is 2.15. The van der Waals surface area contributed by atoms with Crippen LogP contribution in [0.25, 0.3) is 6.08 Å². The van der Waals surface area contributed by atoms with Gasteiger partial charge in [0.2, 0.25) is 5.91 Å². The van der Waals surface area contributed by atoms with Gasteiger partial charge < -0.3 is 9.64 Å². The van der Waals surface area contributed by atoms with Crippen LogP contribution in [0, 0.1) is 11.3 Å². The maximum atomic E-state index is 11.6. The smallest absolute Gasteiger partial charge is 0.247 e. The fourth-order valence-corrected chi connectivity index (χ4v) is 1.79. The van der Waals surface area contributed by atoms with Crippen LogP contribution in [0.4, 0.5) is 0 Å². The minimum Gasteiger partial charge on any atom is -0.493 e. The van der Waals surface area contributed by atoms with Crippen molar-refractivity contribution in [1.29, 1.82) is 5.26 Å². The lowest BCUT2D eigenvalue weighted by molar-refractivity contribution is -0.124. The lowest BCUT2D eigenvalue weighted by atomic mass is 10.1. The first-order valence-electron chi connectivity index (χ1n) is 5.76. The zero-order chi connectivity index (χ0) is 13.0. The van der Waals surface area contributed by atoms with E-state index in [1.54, 1.807) is 13.1 Å². The van der Waals surface area contributed by atoms with Crippen molar-refractivity contribution < 1.29 is 9.53 Å². The molecule has 0 N–H and O–H groups in total. The van der Waals surface area contributed by atoms with E-state index in [2.05, 4.69) is 0 Å². The van der Waals surface area contributed by atoms with Crippen LogP contribution in [0.5, 0.6) is 5.75 Å². The minimum atomic E-state index is -0.173. The maximum absolute atomic E-state index is 11.6. The van der Waals surface area contributed by atoms with Crippen molar-refractivity contribution >= 4 is 12.0 Å². The van der Waals surface area contributed by atoms with Crippen molar-refractivity contribution in [2.75, 3.05) is 20.2 Å². The summed E-state index contributed by atoms with van der Waals surface area (Å²) in [6.07, 6.45) is 4.16. The molecule has 0 unspecified atom stereocenters. The second-order valence-corrected chi connectivity index (χ2v) is 4.15. The zero-order valence-corrected chi connectivity index (χ0v) is 10.2. The molecule has 4 nitrogen and oxygen atoms in total. The SMILES string of the molecule is CN(CC#N)C(=O)/C=C/c1ccc2c(c1)CCO2. The van der Waals surface area contributed by atoms with E-state index >= 15 is 0 Å². The highest BCUT2D eigenvalue weighted by Gasteiger charge is 2.11. The van der Waals surface area contributed by atoms with E-state index in [4.69, 9.17) is 10.00 Å². The van der Waals surface area contributed by atoms with E-state index in [0.717, 1.165) is 24.3 Å². The predicted molar refractivity (Wildman–Crippen MR) is 67.9 cm³/mol. The molecule has 0 aromatic heterocycles. The Bertz CT molecular complexity index is 529. The van der Waals surface area contributed by atoms with Gasteiger partial charge in [0.25, 0.3) is 0 Å². The molecule has 0 radical (unpaired) electrons. The van der Waals surface area contributed by atoms with E-state index in [9.17, 15) is 4.79 Å². The molecule has 4 heteroatoms. The summed E-state index contributed by atoms with van der Waals surface area (Å²) in [6, 6.07) is 7.80. The second-order valence-electron chi connectivity index (χ2n) is 4.15. The quantitative estimate of drug-likeness (QED) is 0.597. The topological polar surface area (TPSA) is 53.3 Å². The molecule has 0 fully saturated rings. The van der Waals surface area contributed by atoms with Crippen molar-refractivity contribution in [2.45, 2.75) is 6.42 Å². The van der Waals surface area contributed by atoms with Crippen LogP contribution >= 0.6 is 0 Å². The Morgan fingerprint density at radius 1 is 1.61 bits per heavy atom. The summed E-state index contributed by atoms with van der Waals surface area (Å²) in [5.74, 6) is 0.758. The molecule has 0 spiro atoms. The monoisotopic (exact) mass is 242 g/mol. The Kier molecular flexibility index (Phi) is 3.63. The van der Waals surface area contributed by atoms with Crippen LogP contribution in [-0.2, 0) is 11.2 Å². The van der Waals surface area contributed by atoms with Crippen LogP contribution in [0.3, 0.4) is 0 Å². The lowest BCUT2D eigenvalue weighted by Crippen LogP contribution is -2.24. The number of rotatable bonds is 3. The van der Waals surface area contributed by atoms with Crippen LogP contribution < -0.4 is 4.74 Å². The summed E-state index contributed by atoms with van der Waals surface area (Å²) >= 11 is 0. The van der Waals surface area contributed by atoms with Gasteiger partial charge in [-0.1, -0.05) is 6.07 Å². The fraction of sp³-hybridized carbons (Fsp3) is 0.286. The number of fused-ring (bicyclic) bond motifs is 1. The number of nitriles is 1. The number of hydrogen-bond acceptors (Lipinski definition) is 3. The number of carbonyl (C=O) groups is 1. The van der Waals surface area contributed by atoms with Crippen LogP contribution in [0.1, 0.15) is 11.1 Å². The van der Waals surface area contributed by atoms with Gasteiger partial charge in [-0.2, -0.15) is 5.26 Å². The van der Waals surface area contributed by atoms with Gasteiger partial charge in [-0.05, 0) is 29.3 Å². The normalized spacial score (nSPS) is 12.9. The molecule has 0 atom stereocenters. The Morgan fingerprint density at radius 3 is 3.22 bits per heavy atom. The van der Waals surface area contributed by atoms with Gasteiger partial charge in [-0.15, -0.1) is 0 Å². The van der Waals surface area contributed by atoms with Crippen molar-refractivity contribution in [1.82, 2.24) is 4.90 Å². The standard InChI is InChI=1S/C14H14N2O2/c1-16(8-7-15)14(17)5-3-11-2-4-13-12(10-11)6-9-18-13/h2-5,10H,6,8-9H2,1H3/b5-3+. The number of nitrogens with zero attached hydrogens (tertiary/aromatic N) is 2. The Labute approximate surface area is 106 Å². The van der Waals surface area contributed by atoms with E-state index in [0.29, 0.717) is 0 Å². The third-order valence-electron chi connectivity index (χ3n) is 2.82. The van der Waals surface area contributed by atoms with Gasteiger partial charge in [0.15, 0.2) is 0 Å². The minimum absolute atomic E-state index is 0.0984. The maximum Gasteiger partial charge on any atom is 0.247 e. The molecule has 0 saturated heterocycles. The molecule has 0 aliphatic carbocycles. The highest BCUT2D eigenvalue weighted by molar-refractivity contribution is 5.91. The number of carbonyl (C=O) groups excluding carboxylic acids is 1. The van der Waals surface area contributed by atoms with Crippen LogP contribution in [0.15, 0.2) is 24.3 Å². The molecule has 1 amide bonds. The molecular weight excluding hydrogens is 228 g/mol. The average molecular weight is 242 g/mol. The van der Waals surface area contributed by atoms with E-state index in [1.165, 1.54) is 16.5 Å². The number of hydrogen-bond donors (Lipinski definition) is 0. The Hall–Kier alpha value is -2.28. The first kappa shape index (κ1) is 12.2. The molecule has 0 bridgehead atoms. The van der Waals surface area contributed by atoms with Gasteiger partial charge >= 0.3 is 0 Å². The second kappa shape index (κ2) is 5.37. The molecule has 0 saturated carbocycles. The van der Waals surface area contributed by atoms with Crippen LogP contribution in [0.2, 0.25) is 0 Å². The molecule has 1 aliphatic rings. The largest absolute Gasteiger partial charge is 0.493 e. The summed E-state index contributed by atoms with van der Waals surface area (Å²) in [6.45, 7) is 0.827. The highest BCUT2D eigenvalue weighted by atomic mass is 16.5. The number of amides is 1. The molecule has 1 aromatic rings. The lowest BCUT2D eigenvalue weighted by Gasteiger charge is -2.09. The predicted octanol–water partition coefficient (Wildman–Crippen LogP) is 1.62. The summed E-state index contributed by atoms with van der Waals surface area (Å²) in [5, 5.41) is 8.49. The molecule has 1 aliphatic heterocycles. The summed E-state index contributed by atoms with van der Waals surface area (Å²) in [4.78, 5) is 13.0. The Balaban J connectivity index is 2.05. The van der Waals surface area contributed by atoms with E-state index in [-0.39, 0.29) is 12.5 Å². The van der Waals surface area contributed by atoms with Gasteiger partial charge in [0.05, 0.1) is 12.7 Å². The first-order valence-corrected chi connectivity index (χ1v) is 5.76. The summed E-state index contributed by atoms with van der Waals surface area (Å²) in [7, 11) is 1.60. The van der Waals surface area contributed by atoms with Gasteiger partial charge in [-0.25, -0.2) is 0 Å². The highest BCUT2D eigenvalue weighted by Crippen LogP contribution is 2.26. The van der Waals surface area contributed by atoms with E-state index < -0.39 is 0 Å². The average Bonchev–Trinajstić information content (AvgIpc) is 2.83. The van der Waals surface area contributed by atoms with Crippen molar-refractivity contribution in [3.8, 4) is 11.8 Å². The van der Waals surface area contributed by atoms with Gasteiger partial charge in [-0.3, -0.25) is 4.79 Å². The number of benzene rings is 1. The van der Waals surface area contributed by atoms with Crippen molar-refractivity contribution in [3.63, 3.8) is 0 Å². The molecule has 18 heavy (non-hydrogen) atoms. The molecule has 2 rings (SSSR count). The van der Waals surface area contributed by atoms with E-state index in [1.807, 2.05) is 24.3 Å². The van der Waals surface area contributed by atoms with Crippen LogP contribution in [-0.4, -0.2) is 31.0 Å². The third kappa shape index (κ3) is 2.69. The van der Waals surface area contributed by atoms with Gasteiger partial charge in [0, 0.05) is 19.5 Å². The molecule has 1 aromatic carbocycles. The Morgan fingerprint density at radius 2 is 2.44 bits per heavy atom. The molecule has 1 heterocycles. The number of ether oxygens (including phenoxy) is 1. The van der Waals surface area contributed by atoms with Gasteiger partial charge in [0.1, 0.15) is 12.3 Å². The van der Waals surface area contributed by atoms with Crippen molar-refractivity contribution in [3.05, 3.63) is 35.4 Å².